The Kier molecular flexibility index (Phi) is 3.90. The summed E-state index contributed by atoms with van der Waals surface area (Å²) in [5, 5.41) is 16.8. The van der Waals surface area contributed by atoms with E-state index >= 15 is 0 Å². The molecule has 106 valence electrons. The number of carbonyl (C=O) groups is 1. The van der Waals surface area contributed by atoms with Crippen molar-refractivity contribution in [1.82, 2.24) is 9.78 Å². The minimum atomic E-state index is -1.19. The predicted octanol–water partition coefficient (Wildman–Crippen LogP) is 2.31. The molecule has 0 aliphatic heterocycles. The minimum absolute atomic E-state index is 0.152. The van der Waals surface area contributed by atoms with Gasteiger partial charge >= 0.3 is 0 Å². The van der Waals surface area contributed by atoms with E-state index < -0.39 is 12.0 Å². The van der Waals surface area contributed by atoms with Crippen molar-refractivity contribution >= 4 is 11.6 Å². The van der Waals surface area contributed by atoms with Crippen molar-refractivity contribution in [3.05, 3.63) is 48.3 Å². The van der Waals surface area contributed by atoms with Gasteiger partial charge in [-0.05, 0) is 26.3 Å². The van der Waals surface area contributed by atoms with Crippen LogP contribution in [0.5, 0.6) is 0 Å². The third-order valence-corrected chi connectivity index (χ3v) is 2.90. The number of hydrogen-bond donors (Lipinski definition) is 2. The number of carbonyl (C=O) groups excluding carboxylic acids is 1. The van der Waals surface area contributed by atoms with Gasteiger partial charge in [0.05, 0.1) is 17.4 Å². The van der Waals surface area contributed by atoms with Gasteiger partial charge in [0, 0.05) is 6.20 Å². The van der Waals surface area contributed by atoms with Gasteiger partial charge in [0.2, 0.25) is 0 Å². The fourth-order valence-corrected chi connectivity index (χ4v) is 1.75. The van der Waals surface area contributed by atoms with E-state index in [1.165, 1.54) is 0 Å². The Hall–Kier alpha value is -2.14. The molecule has 2 rings (SSSR count). The Morgan fingerprint density at radius 1 is 1.30 bits per heavy atom. The van der Waals surface area contributed by atoms with E-state index in [0.29, 0.717) is 11.3 Å². The molecule has 0 aliphatic carbocycles. The second kappa shape index (κ2) is 5.46. The second-order valence-corrected chi connectivity index (χ2v) is 5.65. The highest BCUT2D eigenvalue weighted by atomic mass is 16.3. The first-order valence-electron chi connectivity index (χ1n) is 6.47. The fourth-order valence-electron chi connectivity index (χ4n) is 1.75. The SMILES string of the molecule is CC(C)(C)n1cc(NC(=O)C(O)c2ccccc2)cn1. The lowest BCUT2D eigenvalue weighted by atomic mass is 10.1. The number of amides is 1. The van der Waals surface area contributed by atoms with Crippen molar-refractivity contribution in [2.24, 2.45) is 0 Å². The number of rotatable bonds is 3. The standard InChI is InChI=1S/C15H19N3O2/c1-15(2,3)18-10-12(9-16-18)17-14(20)13(19)11-7-5-4-6-8-11/h4-10,13,19H,1-3H3,(H,17,20). The van der Waals surface area contributed by atoms with Gasteiger partial charge in [0.1, 0.15) is 0 Å². The predicted molar refractivity (Wildman–Crippen MR) is 77.3 cm³/mol. The Bertz CT molecular complexity index is 585. The van der Waals surface area contributed by atoms with E-state index in [9.17, 15) is 9.90 Å². The molecular weight excluding hydrogens is 254 g/mol. The van der Waals surface area contributed by atoms with Gasteiger partial charge in [-0.25, -0.2) is 0 Å². The summed E-state index contributed by atoms with van der Waals surface area (Å²) in [5.74, 6) is -0.468. The Balaban J connectivity index is 2.07. The van der Waals surface area contributed by atoms with E-state index in [4.69, 9.17) is 0 Å². The number of nitrogens with one attached hydrogen (secondary N) is 1. The second-order valence-electron chi connectivity index (χ2n) is 5.65. The molecule has 20 heavy (non-hydrogen) atoms. The number of hydrogen-bond acceptors (Lipinski definition) is 3. The molecule has 5 heteroatoms. The van der Waals surface area contributed by atoms with Crippen LogP contribution in [-0.2, 0) is 10.3 Å². The number of anilines is 1. The van der Waals surface area contributed by atoms with E-state index in [0.717, 1.165) is 0 Å². The molecule has 1 heterocycles. The van der Waals surface area contributed by atoms with Crippen LogP contribution < -0.4 is 5.32 Å². The third-order valence-electron chi connectivity index (χ3n) is 2.90. The molecule has 0 bridgehead atoms. The molecule has 1 unspecified atom stereocenters. The van der Waals surface area contributed by atoms with Crippen LogP contribution in [0, 0.1) is 0 Å². The number of aliphatic hydroxyl groups excluding tert-OH is 1. The lowest BCUT2D eigenvalue weighted by molar-refractivity contribution is -0.124. The molecule has 1 amide bonds. The summed E-state index contributed by atoms with van der Waals surface area (Å²) in [6, 6.07) is 8.82. The van der Waals surface area contributed by atoms with Crippen LogP contribution in [0.4, 0.5) is 5.69 Å². The van der Waals surface area contributed by atoms with E-state index in [1.807, 2.05) is 26.8 Å². The zero-order valence-electron chi connectivity index (χ0n) is 11.9. The highest BCUT2D eigenvalue weighted by Crippen LogP contribution is 2.18. The molecule has 0 saturated heterocycles. The van der Waals surface area contributed by atoms with Crippen LogP contribution >= 0.6 is 0 Å². The molecule has 0 aliphatic rings. The molecule has 1 aromatic heterocycles. The smallest absolute Gasteiger partial charge is 0.257 e. The topological polar surface area (TPSA) is 67.2 Å². The Labute approximate surface area is 118 Å². The molecule has 2 aromatic rings. The summed E-state index contributed by atoms with van der Waals surface area (Å²) in [7, 11) is 0. The molecular formula is C15H19N3O2. The molecule has 0 fully saturated rings. The number of nitrogens with zero attached hydrogens (tertiary/aromatic N) is 2. The van der Waals surface area contributed by atoms with Gasteiger partial charge in [-0.2, -0.15) is 5.10 Å². The van der Waals surface area contributed by atoms with Gasteiger partial charge in [-0.3, -0.25) is 9.48 Å². The van der Waals surface area contributed by atoms with Gasteiger partial charge < -0.3 is 10.4 Å². The van der Waals surface area contributed by atoms with Crippen molar-refractivity contribution in [1.29, 1.82) is 0 Å². The lowest BCUT2D eigenvalue weighted by Crippen LogP contribution is -2.22. The molecule has 0 radical (unpaired) electrons. The quantitative estimate of drug-likeness (QED) is 0.901. The minimum Gasteiger partial charge on any atom is -0.378 e. The van der Waals surface area contributed by atoms with Crippen LogP contribution in [0.2, 0.25) is 0 Å². The van der Waals surface area contributed by atoms with Gasteiger partial charge in [-0.15, -0.1) is 0 Å². The van der Waals surface area contributed by atoms with E-state index in [2.05, 4.69) is 10.4 Å². The van der Waals surface area contributed by atoms with Crippen molar-refractivity contribution < 1.29 is 9.90 Å². The highest BCUT2D eigenvalue weighted by molar-refractivity contribution is 5.94. The molecule has 2 N–H and O–H groups in total. The average Bonchev–Trinajstić information content (AvgIpc) is 2.87. The van der Waals surface area contributed by atoms with Crippen molar-refractivity contribution in [2.45, 2.75) is 32.4 Å². The van der Waals surface area contributed by atoms with E-state index in [-0.39, 0.29) is 5.54 Å². The number of aromatic nitrogens is 2. The molecule has 1 atom stereocenters. The maximum absolute atomic E-state index is 12.0. The monoisotopic (exact) mass is 273 g/mol. The van der Waals surface area contributed by atoms with Crippen LogP contribution in [0.25, 0.3) is 0 Å². The van der Waals surface area contributed by atoms with Gasteiger partial charge in [0.25, 0.3) is 5.91 Å². The normalized spacial score (nSPS) is 13.0. The van der Waals surface area contributed by atoms with E-state index in [1.54, 1.807) is 41.3 Å². The van der Waals surface area contributed by atoms with Gasteiger partial charge in [0.15, 0.2) is 6.10 Å². The van der Waals surface area contributed by atoms with Crippen LogP contribution in [0.3, 0.4) is 0 Å². The molecule has 5 nitrogen and oxygen atoms in total. The fraction of sp³-hybridized carbons (Fsp3) is 0.333. The Morgan fingerprint density at radius 2 is 1.95 bits per heavy atom. The number of benzene rings is 1. The number of aliphatic hydroxyl groups is 1. The zero-order valence-corrected chi connectivity index (χ0v) is 11.9. The average molecular weight is 273 g/mol. The summed E-state index contributed by atoms with van der Waals surface area (Å²) in [5.41, 5.74) is 0.981. The lowest BCUT2D eigenvalue weighted by Gasteiger charge is -2.18. The molecule has 0 saturated carbocycles. The van der Waals surface area contributed by atoms with Crippen LogP contribution in [-0.4, -0.2) is 20.8 Å². The highest BCUT2D eigenvalue weighted by Gasteiger charge is 2.19. The molecule has 1 aromatic carbocycles. The first-order chi connectivity index (χ1) is 9.38. The van der Waals surface area contributed by atoms with Gasteiger partial charge in [-0.1, -0.05) is 30.3 Å². The largest absolute Gasteiger partial charge is 0.378 e. The third kappa shape index (κ3) is 3.24. The first kappa shape index (κ1) is 14.3. The maximum Gasteiger partial charge on any atom is 0.257 e. The molecule has 0 spiro atoms. The van der Waals surface area contributed by atoms with Crippen LogP contribution in [0.1, 0.15) is 32.4 Å². The Morgan fingerprint density at radius 3 is 2.50 bits per heavy atom. The summed E-state index contributed by atoms with van der Waals surface area (Å²) in [6.45, 7) is 6.05. The summed E-state index contributed by atoms with van der Waals surface area (Å²) in [6.07, 6.45) is 2.13. The van der Waals surface area contributed by atoms with Crippen molar-refractivity contribution in [2.75, 3.05) is 5.32 Å². The zero-order chi connectivity index (χ0) is 14.8. The van der Waals surface area contributed by atoms with Crippen molar-refractivity contribution in [3.8, 4) is 0 Å². The first-order valence-corrected chi connectivity index (χ1v) is 6.47. The maximum atomic E-state index is 12.0. The summed E-state index contributed by atoms with van der Waals surface area (Å²) < 4.78 is 1.76. The van der Waals surface area contributed by atoms with Crippen LogP contribution in [0.15, 0.2) is 42.7 Å². The summed E-state index contributed by atoms with van der Waals surface area (Å²) >= 11 is 0. The van der Waals surface area contributed by atoms with Crippen molar-refractivity contribution in [3.63, 3.8) is 0 Å². The summed E-state index contributed by atoms with van der Waals surface area (Å²) in [4.78, 5) is 12.0.